The highest BCUT2D eigenvalue weighted by atomic mass is 35.5. The molecule has 2 saturated heterocycles. The molecule has 0 spiro atoms. The van der Waals surface area contributed by atoms with Crippen LogP contribution in [0.5, 0.6) is 5.75 Å². The number of likely N-dealkylation sites (tertiary alicyclic amines) is 1. The second kappa shape index (κ2) is 9.73. The summed E-state index contributed by atoms with van der Waals surface area (Å²) in [5.41, 5.74) is 1.23. The number of nitrogens with zero attached hydrogens (tertiary/aromatic N) is 2. The normalized spacial score (nSPS) is 21.2. The minimum atomic E-state index is -0.697. The third kappa shape index (κ3) is 4.50. The van der Waals surface area contributed by atoms with E-state index in [0.717, 1.165) is 18.7 Å². The van der Waals surface area contributed by atoms with E-state index in [1.54, 1.807) is 48.4 Å². The second-order valence-corrected chi connectivity index (χ2v) is 8.16. The highest BCUT2D eigenvalue weighted by Gasteiger charge is 2.46. The van der Waals surface area contributed by atoms with Crippen LogP contribution in [0.15, 0.2) is 54.1 Å². The van der Waals surface area contributed by atoms with E-state index in [-0.39, 0.29) is 11.3 Å². The number of Topliss-reactive ketones (excluding diaryl/α,β-unsaturated/α-hetero) is 1. The molecule has 7 nitrogen and oxygen atoms in total. The maximum atomic E-state index is 13.1. The molecule has 2 aliphatic heterocycles. The largest absolute Gasteiger partial charge is 0.507 e. The van der Waals surface area contributed by atoms with Crippen molar-refractivity contribution in [3.05, 3.63) is 70.3 Å². The number of amides is 1. The summed E-state index contributed by atoms with van der Waals surface area (Å²) in [5.74, 6) is -0.860. The van der Waals surface area contributed by atoms with Crippen LogP contribution < -0.4 is 4.74 Å². The number of ether oxygens (including phenoxy) is 2. The fraction of sp³-hybridized carbons (Fsp3) is 0.333. The van der Waals surface area contributed by atoms with Crippen LogP contribution in [0, 0.1) is 0 Å². The molecule has 32 heavy (non-hydrogen) atoms. The lowest BCUT2D eigenvalue weighted by molar-refractivity contribution is -0.140. The van der Waals surface area contributed by atoms with E-state index in [0.29, 0.717) is 42.6 Å². The van der Waals surface area contributed by atoms with Crippen LogP contribution in [0.2, 0.25) is 5.02 Å². The smallest absolute Gasteiger partial charge is 0.295 e. The number of hydrogen-bond acceptors (Lipinski definition) is 6. The van der Waals surface area contributed by atoms with Gasteiger partial charge in [0.2, 0.25) is 0 Å². The number of carbonyl (C=O) groups is 2. The lowest BCUT2D eigenvalue weighted by Gasteiger charge is -2.31. The number of hydrogen-bond donors (Lipinski definition) is 1. The summed E-state index contributed by atoms with van der Waals surface area (Å²) in [5, 5.41) is 11.6. The second-order valence-electron chi connectivity index (χ2n) is 7.73. The van der Waals surface area contributed by atoms with Gasteiger partial charge < -0.3 is 19.5 Å². The number of rotatable bonds is 6. The van der Waals surface area contributed by atoms with Crippen LogP contribution in [-0.4, -0.2) is 73.1 Å². The maximum absolute atomic E-state index is 13.1. The first-order chi connectivity index (χ1) is 15.5. The fourth-order valence-corrected chi connectivity index (χ4v) is 4.21. The van der Waals surface area contributed by atoms with Gasteiger partial charge >= 0.3 is 0 Å². The molecule has 1 atom stereocenters. The van der Waals surface area contributed by atoms with E-state index in [1.807, 2.05) is 12.1 Å². The summed E-state index contributed by atoms with van der Waals surface area (Å²) < 4.78 is 10.6. The Balaban J connectivity index is 1.72. The first kappa shape index (κ1) is 22.3. The summed E-state index contributed by atoms with van der Waals surface area (Å²) in [6.07, 6.45) is 0. The SMILES string of the molecule is COc1ccc(C2C(=C(O)c3ccc(Cl)cc3)C(=O)C(=O)N2CCN2CCOCC2)cc1. The van der Waals surface area contributed by atoms with E-state index < -0.39 is 17.7 Å². The van der Waals surface area contributed by atoms with Crippen LogP contribution in [-0.2, 0) is 14.3 Å². The van der Waals surface area contributed by atoms with Gasteiger partial charge in [-0.15, -0.1) is 0 Å². The minimum absolute atomic E-state index is 0.0736. The third-order valence-corrected chi connectivity index (χ3v) is 6.10. The monoisotopic (exact) mass is 456 g/mol. The van der Waals surface area contributed by atoms with E-state index in [9.17, 15) is 14.7 Å². The van der Waals surface area contributed by atoms with Crippen molar-refractivity contribution in [1.29, 1.82) is 0 Å². The highest BCUT2D eigenvalue weighted by molar-refractivity contribution is 6.46. The molecular weight excluding hydrogens is 432 g/mol. The first-order valence-corrected chi connectivity index (χ1v) is 10.9. The molecule has 1 N–H and O–H groups in total. The van der Waals surface area contributed by atoms with E-state index >= 15 is 0 Å². The van der Waals surface area contributed by atoms with Gasteiger partial charge in [-0.1, -0.05) is 23.7 Å². The molecule has 2 aromatic carbocycles. The van der Waals surface area contributed by atoms with Crippen LogP contribution in [0.25, 0.3) is 5.76 Å². The zero-order valence-corrected chi connectivity index (χ0v) is 18.5. The van der Waals surface area contributed by atoms with Gasteiger partial charge in [-0.3, -0.25) is 14.5 Å². The van der Waals surface area contributed by atoms with Crippen LogP contribution in [0.4, 0.5) is 0 Å². The van der Waals surface area contributed by atoms with Crippen LogP contribution in [0.3, 0.4) is 0 Å². The Morgan fingerprint density at radius 3 is 2.34 bits per heavy atom. The van der Waals surface area contributed by atoms with Crippen molar-refractivity contribution in [2.45, 2.75) is 6.04 Å². The first-order valence-electron chi connectivity index (χ1n) is 10.5. The molecule has 2 aromatic rings. The predicted octanol–water partition coefficient (Wildman–Crippen LogP) is 3.10. The number of carbonyl (C=O) groups excluding carboxylic acids is 2. The average molecular weight is 457 g/mol. The van der Waals surface area contributed by atoms with Crippen molar-refractivity contribution in [2.24, 2.45) is 0 Å². The van der Waals surface area contributed by atoms with Gasteiger partial charge in [0.15, 0.2) is 0 Å². The van der Waals surface area contributed by atoms with Crippen molar-refractivity contribution in [2.75, 3.05) is 46.5 Å². The van der Waals surface area contributed by atoms with Crippen molar-refractivity contribution < 1.29 is 24.2 Å². The molecule has 4 rings (SSSR count). The summed E-state index contributed by atoms with van der Waals surface area (Å²) in [4.78, 5) is 29.8. The Labute approximate surface area is 191 Å². The Hall–Kier alpha value is -2.87. The molecule has 2 heterocycles. The molecule has 0 radical (unpaired) electrons. The Morgan fingerprint density at radius 2 is 1.72 bits per heavy atom. The molecule has 2 fully saturated rings. The summed E-state index contributed by atoms with van der Waals surface area (Å²) in [6, 6.07) is 13.0. The molecule has 0 bridgehead atoms. The number of halogens is 1. The number of benzene rings is 2. The van der Waals surface area contributed by atoms with Gasteiger partial charge in [-0.05, 0) is 42.0 Å². The van der Waals surface area contributed by atoms with Crippen LogP contribution >= 0.6 is 11.6 Å². The number of aliphatic hydroxyl groups excluding tert-OH is 1. The summed E-state index contributed by atoms with van der Waals surface area (Å²) >= 11 is 5.97. The third-order valence-electron chi connectivity index (χ3n) is 5.85. The lowest BCUT2D eigenvalue weighted by Crippen LogP contribution is -2.42. The van der Waals surface area contributed by atoms with Gasteiger partial charge in [0.05, 0.1) is 31.9 Å². The standard InChI is InChI=1S/C24H25ClN2O5/c1-31-19-8-4-16(5-9-19)21-20(22(28)17-2-6-18(25)7-3-17)23(29)24(30)27(21)11-10-26-12-14-32-15-13-26/h2-9,21,28H,10-15H2,1H3. The number of methoxy groups -OCH3 is 1. The van der Waals surface area contributed by atoms with E-state index in [2.05, 4.69) is 4.90 Å². The average Bonchev–Trinajstić information content (AvgIpc) is 3.08. The van der Waals surface area contributed by atoms with Gasteiger partial charge in [0.25, 0.3) is 11.7 Å². The van der Waals surface area contributed by atoms with Crippen LogP contribution in [0.1, 0.15) is 17.2 Å². The summed E-state index contributed by atoms with van der Waals surface area (Å²) in [7, 11) is 1.57. The number of aliphatic hydroxyl groups is 1. The Morgan fingerprint density at radius 1 is 1.06 bits per heavy atom. The number of ketones is 1. The Kier molecular flexibility index (Phi) is 6.79. The Bertz CT molecular complexity index is 1010. The predicted molar refractivity (Wildman–Crippen MR) is 121 cm³/mol. The zero-order chi connectivity index (χ0) is 22.7. The van der Waals surface area contributed by atoms with Crippen molar-refractivity contribution >= 4 is 29.1 Å². The molecule has 2 aliphatic rings. The van der Waals surface area contributed by atoms with Gasteiger partial charge in [0.1, 0.15) is 11.5 Å². The quantitative estimate of drug-likeness (QED) is 0.409. The van der Waals surface area contributed by atoms with Gasteiger partial charge in [0, 0.05) is 36.8 Å². The molecule has 1 amide bonds. The minimum Gasteiger partial charge on any atom is -0.507 e. The van der Waals surface area contributed by atoms with Crippen molar-refractivity contribution in [3.8, 4) is 5.75 Å². The van der Waals surface area contributed by atoms with E-state index in [1.165, 1.54) is 0 Å². The van der Waals surface area contributed by atoms with Gasteiger partial charge in [-0.2, -0.15) is 0 Å². The lowest BCUT2D eigenvalue weighted by atomic mass is 9.95. The maximum Gasteiger partial charge on any atom is 0.295 e. The van der Waals surface area contributed by atoms with Crippen molar-refractivity contribution in [3.63, 3.8) is 0 Å². The summed E-state index contributed by atoms with van der Waals surface area (Å²) in [6.45, 7) is 3.83. The molecule has 0 aromatic heterocycles. The zero-order valence-electron chi connectivity index (χ0n) is 17.8. The molecule has 8 heteroatoms. The molecule has 1 unspecified atom stereocenters. The molecule has 168 valence electrons. The fourth-order valence-electron chi connectivity index (χ4n) is 4.08. The highest BCUT2D eigenvalue weighted by Crippen LogP contribution is 2.39. The van der Waals surface area contributed by atoms with E-state index in [4.69, 9.17) is 21.1 Å². The molecule has 0 saturated carbocycles. The number of morpholine rings is 1. The van der Waals surface area contributed by atoms with Gasteiger partial charge in [-0.25, -0.2) is 0 Å². The molecule has 0 aliphatic carbocycles. The van der Waals surface area contributed by atoms with Crippen molar-refractivity contribution in [1.82, 2.24) is 9.80 Å². The topological polar surface area (TPSA) is 79.3 Å². The molecular formula is C24H25ClN2O5.